The van der Waals surface area contributed by atoms with Crippen LogP contribution < -0.4 is 4.74 Å². The zero-order chi connectivity index (χ0) is 18.7. The maximum atomic E-state index is 13.1. The number of aliphatic hydroxyl groups excluding tert-OH is 2. The third-order valence-corrected chi connectivity index (χ3v) is 6.79. The van der Waals surface area contributed by atoms with E-state index in [1.807, 2.05) is 0 Å². The number of aliphatic hydroxyl groups is 2. The number of methoxy groups -OCH3 is 1. The van der Waals surface area contributed by atoms with Crippen LogP contribution in [-0.4, -0.2) is 49.2 Å². The molecule has 0 unspecified atom stereocenters. The summed E-state index contributed by atoms with van der Waals surface area (Å²) in [4.78, 5) is 0.0728. The van der Waals surface area contributed by atoms with Crippen LogP contribution in [0.1, 0.15) is 30.1 Å². The van der Waals surface area contributed by atoms with Crippen molar-refractivity contribution in [1.29, 1.82) is 0 Å². The van der Waals surface area contributed by atoms with E-state index in [0.717, 1.165) is 0 Å². The lowest BCUT2D eigenvalue weighted by molar-refractivity contribution is 0.210. The molecule has 6 nitrogen and oxygen atoms in total. The average molecular weight is 377 g/mol. The van der Waals surface area contributed by atoms with Gasteiger partial charge in [0.05, 0.1) is 18.6 Å². The van der Waals surface area contributed by atoms with Crippen LogP contribution in [-0.2, 0) is 10.0 Å². The molecule has 2 N–H and O–H groups in total. The predicted molar refractivity (Wildman–Crippen MR) is 97.5 cm³/mol. The molecular weight excluding hydrogens is 354 g/mol. The summed E-state index contributed by atoms with van der Waals surface area (Å²) < 4.78 is 32.7. The van der Waals surface area contributed by atoms with Crippen molar-refractivity contribution >= 4 is 10.0 Å². The molecule has 3 rings (SSSR count). The highest BCUT2D eigenvalue weighted by atomic mass is 32.2. The summed E-state index contributed by atoms with van der Waals surface area (Å²) in [5, 5.41) is 20.3. The van der Waals surface area contributed by atoms with Crippen LogP contribution in [0.15, 0.2) is 53.4 Å². The third kappa shape index (κ3) is 3.48. The lowest BCUT2D eigenvalue weighted by Gasteiger charge is -2.25. The largest absolute Gasteiger partial charge is 0.497 e. The second kappa shape index (κ2) is 7.75. The molecule has 0 radical (unpaired) electrons. The summed E-state index contributed by atoms with van der Waals surface area (Å²) in [6.45, 7) is 0.170. The summed E-state index contributed by atoms with van der Waals surface area (Å²) in [7, 11) is -2.25. The van der Waals surface area contributed by atoms with Crippen molar-refractivity contribution in [3.05, 3.63) is 59.7 Å². The van der Waals surface area contributed by atoms with Gasteiger partial charge in [0.2, 0.25) is 10.0 Å². The summed E-state index contributed by atoms with van der Waals surface area (Å²) in [6, 6.07) is 12.9. The van der Waals surface area contributed by atoms with Crippen LogP contribution in [0, 0.1) is 0 Å². The van der Waals surface area contributed by atoms with Crippen molar-refractivity contribution in [2.75, 3.05) is 20.3 Å². The quantitative estimate of drug-likeness (QED) is 0.803. The molecule has 1 saturated heterocycles. The van der Waals surface area contributed by atoms with E-state index in [1.165, 1.54) is 10.4 Å². The van der Waals surface area contributed by atoms with Crippen molar-refractivity contribution in [2.24, 2.45) is 0 Å². The summed E-state index contributed by atoms with van der Waals surface area (Å²) in [5.41, 5.74) is 0.898. The molecule has 0 aromatic heterocycles. The Morgan fingerprint density at radius 3 is 2.54 bits per heavy atom. The minimum Gasteiger partial charge on any atom is -0.497 e. The second-order valence-corrected chi connectivity index (χ2v) is 8.17. The molecule has 7 heteroatoms. The number of sulfonamides is 1. The van der Waals surface area contributed by atoms with Gasteiger partial charge in [0.25, 0.3) is 0 Å². The molecular formula is C19H23NO5S. The zero-order valence-corrected chi connectivity index (χ0v) is 15.4. The van der Waals surface area contributed by atoms with Gasteiger partial charge in [0, 0.05) is 18.2 Å². The lowest BCUT2D eigenvalue weighted by Crippen LogP contribution is -2.38. The number of nitrogens with zero attached hydrogens (tertiary/aromatic N) is 1. The Kier molecular flexibility index (Phi) is 5.62. The van der Waals surface area contributed by atoms with Crippen molar-refractivity contribution in [2.45, 2.75) is 29.9 Å². The predicted octanol–water partition coefficient (Wildman–Crippen LogP) is 1.92. The van der Waals surface area contributed by atoms with Crippen molar-refractivity contribution in [3.8, 4) is 5.75 Å². The van der Waals surface area contributed by atoms with Crippen LogP contribution in [0.4, 0.5) is 0 Å². The Balaban J connectivity index is 1.99. The van der Waals surface area contributed by atoms with E-state index in [1.54, 1.807) is 49.6 Å². The van der Waals surface area contributed by atoms with Crippen LogP contribution >= 0.6 is 0 Å². The van der Waals surface area contributed by atoms with E-state index >= 15 is 0 Å². The monoisotopic (exact) mass is 377 g/mol. The van der Waals surface area contributed by atoms with Gasteiger partial charge in [0.1, 0.15) is 11.9 Å². The van der Waals surface area contributed by atoms with Crippen molar-refractivity contribution < 1.29 is 23.4 Å². The highest BCUT2D eigenvalue weighted by Gasteiger charge is 2.36. The minimum atomic E-state index is -3.81. The highest BCUT2D eigenvalue weighted by molar-refractivity contribution is 7.89. The van der Waals surface area contributed by atoms with E-state index in [2.05, 4.69) is 0 Å². The molecule has 0 spiro atoms. The molecule has 0 saturated carbocycles. The first-order chi connectivity index (χ1) is 12.5. The maximum Gasteiger partial charge on any atom is 0.243 e. The van der Waals surface area contributed by atoms with Gasteiger partial charge >= 0.3 is 0 Å². The van der Waals surface area contributed by atoms with Crippen LogP contribution in [0.5, 0.6) is 5.75 Å². The summed E-state index contributed by atoms with van der Waals surface area (Å²) >= 11 is 0. The Bertz CT molecular complexity index is 850. The minimum absolute atomic E-state index is 0.0728. The first-order valence-corrected chi connectivity index (χ1v) is 9.96. The first-order valence-electron chi connectivity index (χ1n) is 8.52. The normalized spacial score (nSPS) is 19.4. The molecule has 0 bridgehead atoms. The number of hydrogen-bond acceptors (Lipinski definition) is 5. The third-order valence-electron chi connectivity index (χ3n) is 4.77. The first kappa shape index (κ1) is 18.8. The molecule has 0 amide bonds. The number of ether oxygens (including phenoxy) is 1. The van der Waals surface area contributed by atoms with Gasteiger partial charge in [-0.15, -0.1) is 0 Å². The van der Waals surface area contributed by atoms with Gasteiger partial charge in [-0.1, -0.05) is 30.3 Å². The van der Waals surface area contributed by atoms with Crippen LogP contribution in [0.2, 0.25) is 0 Å². The van der Waals surface area contributed by atoms with Gasteiger partial charge in [-0.25, -0.2) is 8.42 Å². The van der Waals surface area contributed by atoms with Gasteiger partial charge in [-0.3, -0.25) is 0 Å². The zero-order valence-electron chi connectivity index (χ0n) is 14.6. The molecule has 1 heterocycles. The summed E-state index contributed by atoms with van der Waals surface area (Å²) in [5.74, 6) is 0.657. The Morgan fingerprint density at radius 1 is 1.19 bits per heavy atom. The molecule has 26 heavy (non-hydrogen) atoms. The van der Waals surface area contributed by atoms with E-state index in [9.17, 15) is 18.6 Å². The van der Waals surface area contributed by atoms with E-state index in [-0.39, 0.29) is 11.5 Å². The van der Waals surface area contributed by atoms with Gasteiger partial charge in [0.15, 0.2) is 0 Å². The molecule has 1 fully saturated rings. The number of rotatable bonds is 6. The molecule has 1 aliphatic heterocycles. The van der Waals surface area contributed by atoms with Gasteiger partial charge in [-0.05, 0) is 36.6 Å². The fraction of sp³-hybridized carbons (Fsp3) is 0.368. The Morgan fingerprint density at radius 2 is 1.88 bits per heavy atom. The van der Waals surface area contributed by atoms with Crippen LogP contribution in [0.25, 0.3) is 0 Å². The fourth-order valence-corrected chi connectivity index (χ4v) is 5.26. The van der Waals surface area contributed by atoms with E-state index in [4.69, 9.17) is 4.74 Å². The smallest absolute Gasteiger partial charge is 0.243 e. The molecule has 2 aromatic rings. The Labute approximate surface area is 153 Å². The lowest BCUT2D eigenvalue weighted by atomic mass is 10.0. The van der Waals surface area contributed by atoms with Crippen molar-refractivity contribution in [1.82, 2.24) is 4.31 Å². The fourth-order valence-electron chi connectivity index (χ4n) is 3.34. The molecule has 0 aliphatic carbocycles. The molecule has 2 aromatic carbocycles. The standard InChI is InChI=1S/C19H23NO5S/c1-25-16-10-8-14(9-11-16)19(22)17-6-2-3-7-18(17)26(23,24)20-12-4-5-15(20)13-21/h2-3,6-11,15,19,21-22H,4-5,12-13H2,1H3/t15-,19+/m1/s1. The summed E-state index contributed by atoms with van der Waals surface area (Å²) in [6.07, 6.45) is 0.272. The van der Waals surface area contributed by atoms with Crippen LogP contribution in [0.3, 0.4) is 0 Å². The van der Waals surface area contributed by atoms with E-state index < -0.39 is 22.2 Å². The number of benzene rings is 2. The van der Waals surface area contributed by atoms with Gasteiger partial charge < -0.3 is 14.9 Å². The van der Waals surface area contributed by atoms with Crippen molar-refractivity contribution in [3.63, 3.8) is 0 Å². The second-order valence-electron chi connectivity index (χ2n) is 6.31. The molecule has 1 aliphatic rings. The molecule has 140 valence electrons. The van der Waals surface area contributed by atoms with E-state index in [0.29, 0.717) is 36.3 Å². The average Bonchev–Trinajstić information content (AvgIpc) is 3.17. The highest BCUT2D eigenvalue weighted by Crippen LogP contribution is 2.33. The van der Waals surface area contributed by atoms with Gasteiger partial charge in [-0.2, -0.15) is 4.31 Å². The molecule has 2 atom stereocenters. The topological polar surface area (TPSA) is 87.1 Å². The SMILES string of the molecule is COc1ccc([C@H](O)c2ccccc2S(=O)(=O)N2CCC[C@@H]2CO)cc1. The Hall–Kier alpha value is -1.93. The number of hydrogen-bond donors (Lipinski definition) is 2. The maximum absolute atomic E-state index is 13.1.